The molecule has 23 heavy (non-hydrogen) atoms. The molecule has 0 aliphatic carbocycles. The van der Waals surface area contributed by atoms with Crippen LogP contribution in [0.3, 0.4) is 0 Å². The fraction of sp³-hybridized carbons (Fsp3) is 0.647. The Bertz CT molecular complexity index is 600. The van der Waals surface area contributed by atoms with Gasteiger partial charge in [-0.15, -0.1) is 0 Å². The summed E-state index contributed by atoms with van der Waals surface area (Å²) in [6, 6.07) is 10.4. The quantitative estimate of drug-likeness (QED) is 0.485. The van der Waals surface area contributed by atoms with E-state index in [2.05, 4.69) is 34.0 Å². The van der Waals surface area contributed by atoms with Crippen molar-refractivity contribution in [3.63, 3.8) is 0 Å². The van der Waals surface area contributed by atoms with Crippen LogP contribution in [0.5, 0.6) is 0 Å². The second-order valence-electron chi connectivity index (χ2n) is 6.97. The number of likely N-dealkylation sites (tertiary alicyclic amines) is 1. The van der Waals surface area contributed by atoms with Gasteiger partial charge in [0.1, 0.15) is 5.60 Å². The molecular weight excluding hydrogens is 292 g/mol. The van der Waals surface area contributed by atoms with Crippen LogP contribution in [0.4, 0.5) is 0 Å². The smallest absolute Gasteiger partial charge is 0.164 e. The zero-order chi connectivity index (χ0) is 16.5. The van der Waals surface area contributed by atoms with E-state index in [0.717, 1.165) is 19.5 Å². The predicted octanol–water partition coefficient (Wildman–Crippen LogP) is 3.48. The summed E-state index contributed by atoms with van der Waals surface area (Å²) < 4.78 is 12.4. The molecule has 6 heteroatoms. The van der Waals surface area contributed by atoms with Crippen molar-refractivity contribution < 1.29 is 9.47 Å². The minimum atomic E-state index is -0.600. The monoisotopic (exact) mass is 316 g/mol. The molecule has 2 aliphatic rings. The van der Waals surface area contributed by atoms with Crippen molar-refractivity contribution in [3.8, 4) is 0 Å². The highest BCUT2D eigenvalue weighted by atomic mass is 16.8. The van der Waals surface area contributed by atoms with Crippen LogP contribution in [0.15, 0.2) is 35.4 Å². The summed E-state index contributed by atoms with van der Waals surface area (Å²) in [4.78, 5) is 5.31. The zero-order valence-corrected chi connectivity index (χ0v) is 14.0. The standard InChI is InChI=1S/C17H24N4O2/c1-16(2)22-15-9-10-21(12-13-7-5-4-6-8-13)14(11-19-20-18)17(15,3)23-16/h4-8,14-15H,9-12H2,1-3H3. The number of benzene rings is 1. The van der Waals surface area contributed by atoms with Gasteiger partial charge in [0.25, 0.3) is 0 Å². The van der Waals surface area contributed by atoms with Gasteiger partial charge in [-0.05, 0) is 38.3 Å². The maximum Gasteiger partial charge on any atom is 0.164 e. The second kappa shape index (κ2) is 6.13. The molecule has 0 bridgehead atoms. The lowest BCUT2D eigenvalue weighted by Gasteiger charge is -2.47. The van der Waals surface area contributed by atoms with Gasteiger partial charge in [0, 0.05) is 30.6 Å². The van der Waals surface area contributed by atoms with Crippen molar-refractivity contribution in [2.75, 3.05) is 13.1 Å². The molecular formula is C17H24N4O2. The van der Waals surface area contributed by atoms with Gasteiger partial charge >= 0.3 is 0 Å². The van der Waals surface area contributed by atoms with E-state index in [4.69, 9.17) is 15.0 Å². The number of nitrogens with zero attached hydrogens (tertiary/aromatic N) is 4. The van der Waals surface area contributed by atoms with Gasteiger partial charge in [0.05, 0.1) is 6.10 Å². The molecule has 1 aromatic rings. The molecule has 3 unspecified atom stereocenters. The Hall–Kier alpha value is -1.59. The first kappa shape index (κ1) is 16.3. The summed E-state index contributed by atoms with van der Waals surface area (Å²) >= 11 is 0. The van der Waals surface area contributed by atoms with Gasteiger partial charge in [0.15, 0.2) is 5.79 Å². The summed E-state index contributed by atoms with van der Waals surface area (Å²) in [5.74, 6) is -0.600. The molecule has 2 heterocycles. The highest BCUT2D eigenvalue weighted by molar-refractivity contribution is 5.16. The van der Waals surface area contributed by atoms with Crippen LogP contribution in [-0.4, -0.2) is 41.5 Å². The van der Waals surface area contributed by atoms with E-state index in [9.17, 15) is 0 Å². The normalized spacial score (nSPS) is 33.0. The van der Waals surface area contributed by atoms with E-state index in [1.807, 2.05) is 32.0 Å². The highest BCUT2D eigenvalue weighted by Crippen LogP contribution is 2.44. The third-order valence-corrected chi connectivity index (χ3v) is 4.86. The van der Waals surface area contributed by atoms with Crippen LogP contribution >= 0.6 is 0 Å². The molecule has 0 amide bonds. The van der Waals surface area contributed by atoms with Crippen LogP contribution in [0.2, 0.25) is 0 Å². The van der Waals surface area contributed by atoms with Gasteiger partial charge in [-0.2, -0.15) is 0 Å². The maximum absolute atomic E-state index is 8.77. The highest BCUT2D eigenvalue weighted by Gasteiger charge is 2.57. The largest absolute Gasteiger partial charge is 0.344 e. The Kier molecular flexibility index (Phi) is 4.34. The Labute approximate surface area is 137 Å². The average Bonchev–Trinajstić information content (AvgIpc) is 2.76. The number of rotatable bonds is 4. The summed E-state index contributed by atoms with van der Waals surface area (Å²) in [6.45, 7) is 8.08. The first-order valence-corrected chi connectivity index (χ1v) is 8.11. The van der Waals surface area contributed by atoms with E-state index in [0.29, 0.717) is 6.54 Å². The van der Waals surface area contributed by atoms with Crippen LogP contribution < -0.4 is 0 Å². The van der Waals surface area contributed by atoms with E-state index < -0.39 is 11.4 Å². The SMILES string of the molecule is CC1(C)OC2CCN(Cc3ccccc3)C(CN=[N+]=[N-])C2(C)O1. The van der Waals surface area contributed by atoms with Crippen molar-refractivity contribution in [2.45, 2.75) is 57.3 Å². The third kappa shape index (κ3) is 3.21. The summed E-state index contributed by atoms with van der Waals surface area (Å²) in [5, 5.41) is 3.84. The molecule has 0 aromatic heterocycles. The number of fused-ring (bicyclic) bond motifs is 1. The van der Waals surface area contributed by atoms with E-state index in [1.165, 1.54) is 5.56 Å². The predicted molar refractivity (Wildman–Crippen MR) is 87.7 cm³/mol. The minimum Gasteiger partial charge on any atom is -0.344 e. The van der Waals surface area contributed by atoms with Crippen LogP contribution in [0.1, 0.15) is 32.8 Å². The molecule has 6 nitrogen and oxygen atoms in total. The maximum atomic E-state index is 8.77. The van der Waals surface area contributed by atoms with E-state index in [1.54, 1.807) is 0 Å². The van der Waals surface area contributed by atoms with Crippen LogP contribution in [-0.2, 0) is 16.0 Å². The Balaban J connectivity index is 1.86. The number of azide groups is 1. The molecule has 2 fully saturated rings. The van der Waals surface area contributed by atoms with Crippen molar-refractivity contribution in [1.29, 1.82) is 0 Å². The topological polar surface area (TPSA) is 70.5 Å². The molecule has 3 atom stereocenters. The lowest BCUT2D eigenvalue weighted by atomic mass is 9.83. The van der Waals surface area contributed by atoms with Gasteiger partial charge in [-0.25, -0.2) is 0 Å². The lowest BCUT2D eigenvalue weighted by molar-refractivity contribution is -0.170. The fourth-order valence-electron chi connectivity index (χ4n) is 3.93. The molecule has 0 N–H and O–H groups in total. The van der Waals surface area contributed by atoms with Crippen molar-refractivity contribution in [1.82, 2.24) is 4.90 Å². The molecule has 2 aliphatic heterocycles. The molecule has 0 saturated carbocycles. The second-order valence-corrected chi connectivity index (χ2v) is 6.97. The van der Waals surface area contributed by atoms with Gasteiger partial charge < -0.3 is 9.47 Å². The molecule has 124 valence electrons. The van der Waals surface area contributed by atoms with Crippen LogP contribution in [0, 0.1) is 0 Å². The fourth-order valence-corrected chi connectivity index (χ4v) is 3.93. The Morgan fingerprint density at radius 1 is 1.30 bits per heavy atom. The van der Waals surface area contributed by atoms with Crippen molar-refractivity contribution >= 4 is 0 Å². The molecule has 3 rings (SSSR count). The minimum absolute atomic E-state index is 0.000805. The molecule has 0 radical (unpaired) electrons. The Morgan fingerprint density at radius 3 is 2.74 bits per heavy atom. The number of piperidine rings is 1. The van der Waals surface area contributed by atoms with E-state index in [-0.39, 0.29) is 12.1 Å². The van der Waals surface area contributed by atoms with Crippen molar-refractivity contribution in [2.24, 2.45) is 5.11 Å². The number of ether oxygens (including phenoxy) is 2. The average molecular weight is 316 g/mol. The zero-order valence-electron chi connectivity index (χ0n) is 14.0. The van der Waals surface area contributed by atoms with E-state index >= 15 is 0 Å². The Morgan fingerprint density at radius 2 is 2.04 bits per heavy atom. The lowest BCUT2D eigenvalue weighted by Crippen LogP contribution is -2.62. The summed E-state index contributed by atoms with van der Waals surface area (Å²) in [6.07, 6.45) is 0.947. The number of hydrogen-bond acceptors (Lipinski definition) is 4. The third-order valence-electron chi connectivity index (χ3n) is 4.86. The van der Waals surface area contributed by atoms with Crippen LogP contribution in [0.25, 0.3) is 10.4 Å². The van der Waals surface area contributed by atoms with Crippen molar-refractivity contribution in [3.05, 3.63) is 46.3 Å². The first-order valence-electron chi connectivity index (χ1n) is 8.11. The molecule has 2 saturated heterocycles. The molecule has 1 aromatic carbocycles. The summed E-state index contributed by atoms with van der Waals surface area (Å²) in [5.41, 5.74) is 9.55. The van der Waals surface area contributed by atoms with Gasteiger partial charge in [-0.1, -0.05) is 35.4 Å². The van der Waals surface area contributed by atoms with Gasteiger partial charge in [-0.3, -0.25) is 4.90 Å². The summed E-state index contributed by atoms with van der Waals surface area (Å²) in [7, 11) is 0. The number of hydrogen-bond donors (Lipinski definition) is 0. The first-order chi connectivity index (χ1) is 10.9. The molecule has 0 spiro atoms. The van der Waals surface area contributed by atoms with Gasteiger partial charge in [0.2, 0.25) is 0 Å².